The van der Waals surface area contributed by atoms with Crippen LogP contribution in [-0.4, -0.2) is 18.4 Å². The molecule has 4 heteroatoms. The van der Waals surface area contributed by atoms with E-state index < -0.39 is 0 Å². The molecule has 0 saturated heterocycles. The van der Waals surface area contributed by atoms with Crippen LogP contribution in [0, 0.1) is 0 Å². The molecule has 0 heterocycles. The van der Waals surface area contributed by atoms with E-state index in [9.17, 15) is 4.79 Å². The molecule has 0 fully saturated rings. The number of ketones is 1. The molecule has 0 bridgehead atoms. The fourth-order valence-corrected chi connectivity index (χ4v) is 3.33. The zero-order valence-electron chi connectivity index (χ0n) is 15.0. The van der Waals surface area contributed by atoms with Gasteiger partial charge in [-0.2, -0.15) is 0 Å². The topological polar surface area (TPSA) is 95.1 Å². The van der Waals surface area contributed by atoms with E-state index in [0.717, 1.165) is 38.5 Å². The van der Waals surface area contributed by atoms with Crippen LogP contribution in [0.25, 0.3) is 10.8 Å². The quantitative estimate of drug-likeness (QED) is 0.547. The molecule has 0 aliphatic heterocycles. The van der Waals surface area contributed by atoms with Crippen LogP contribution in [0.5, 0.6) is 0 Å². The van der Waals surface area contributed by atoms with Crippen molar-refractivity contribution in [3.05, 3.63) is 47.5 Å². The first-order valence-electron chi connectivity index (χ1n) is 9.35. The molecule has 2 rings (SSSR count). The number of unbranched alkanes of at least 4 members (excludes halogenated alkanes) is 2. The van der Waals surface area contributed by atoms with Gasteiger partial charge in [0.2, 0.25) is 0 Å². The van der Waals surface area contributed by atoms with E-state index >= 15 is 0 Å². The minimum absolute atomic E-state index is 0.176. The fourth-order valence-electron chi connectivity index (χ4n) is 3.33. The molecular weight excluding hydrogens is 310 g/mol. The Balaban J connectivity index is 1.84. The largest absolute Gasteiger partial charge is 0.330 e. The summed E-state index contributed by atoms with van der Waals surface area (Å²) in [7, 11) is 0. The van der Waals surface area contributed by atoms with Crippen LogP contribution < -0.4 is 17.2 Å². The summed E-state index contributed by atoms with van der Waals surface area (Å²) in [6.45, 7) is 1.21. The second kappa shape index (κ2) is 10.3. The molecule has 0 amide bonds. The molecule has 2 aromatic rings. The van der Waals surface area contributed by atoms with Gasteiger partial charge in [-0.25, -0.2) is 0 Å². The summed E-state index contributed by atoms with van der Waals surface area (Å²) in [6.07, 6.45) is 5.98. The number of rotatable bonds is 11. The summed E-state index contributed by atoms with van der Waals surface area (Å²) in [5, 5.41) is 2.46. The summed E-state index contributed by atoms with van der Waals surface area (Å²) >= 11 is 0. The molecule has 1 atom stereocenters. The Morgan fingerprint density at radius 2 is 1.76 bits per heavy atom. The van der Waals surface area contributed by atoms with Gasteiger partial charge in [0.05, 0.1) is 6.04 Å². The van der Waals surface area contributed by atoms with E-state index in [4.69, 9.17) is 17.2 Å². The molecular formula is C21H31N3O. The van der Waals surface area contributed by atoms with E-state index in [0.29, 0.717) is 19.5 Å². The Hall–Kier alpha value is -1.75. The van der Waals surface area contributed by atoms with E-state index in [1.165, 1.54) is 21.9 Å². The van der Waals surface area contributed by atoms with Crippen LogP contribution in [0.1, 0.15) is 49.7 Å². The summed E-state index contributed by atoms with van der Waals surface area (Å²) in [5.41, 5.74) is 19.9. The molecule has 0 spiro atoms. The highest BCUT2D eigenvalue weighted by Crippen LogP contribution is 2.23. The molecule has 0 aliphatic carbocycles. The average molecular weight is 341 g/mol. The molecule has 0 radical (unpaired) electrons. The molecule has 0 aliphatic rings. The van der Waals surface area contributed by atoms with E-state index in [-0.39, 0.29) is 11.8 Å². The third kappa shape index (κ3) is 5.63. The number of carbonyl (C=O) groups is 1. The van der Waals surface area contributed by atoms with Gasteiger partial charge in [0.25, 0.3) is 0 Å². The number of Topliss-reactive ketones (excluding diaryl/α,β-unsaturated/α-hetero) is 1. The van der Waals surface area contributed by atoms with Gasteiger partial charge < -0.3 is 17.2 Å². The third-order valence-corrected chi connectivity index (χ3v) is 4.84. The Morgan fingerprint density at radius 3 is 2.52 bits per heavy atom. The normalized spacial score (nSPS) is 12.4. The third-order valence-electron chi connectivity index (χ3n) is 4.84. The number of carbonyl (C=O) groups excluding carboxylic acids is 1. The molecule has 25 heavy (non-hydrogen) atoms. The van der Waals surface area contributed by atoms with Crippen molar-refractivity contribution in [1.82, 2.24) is 0 Å². The van der Waals surface area contributed by atoms with Crippen LogP contribution in [0.3, 0.4) is 0 Å². The van der Waals surface area contributed by atoms with Crippen LogP contribution in [0.4, 0.5) is 0 Å². The van der Waals surface area contributed by atoms with Crippen molar-refractivity contribution in [2.24, 2.45) is 17.2 Å². The summed E-state index contributed by atoms with van der Waals surface area (Å²) < 4.78 is 0. The summed E-state index contributed by atoms with van der Waals surface area (Å²) in [6, 6.07) is 12.3. The maximum atomic E-state index is 12.1. The van der Waals surface area contributed by atoms with Crippen LogP contribution in [0.2, 0.25) is 0 Å². The first kappa shape index (κ1) is 19.6. The van der Waals surface area contributed by atoms with E-state index in [1.807, 2.05) is 6.07 Å². The monoisotopic (exact) mass is 341 g/mol. The zero-order chi connectivity index (χ0) is 18.1. The molecule has 0 unspecified atom stereocenters. The second-order valence-corrected chi connectivity index (χ2v) is 6.69. The van der Waals surface area contributed by atoms with Crippen molar-refractivity contribution >= 4 is 16.6 Å². The first-order chi connectivity index (χ1) is 12.2. The summed E-state index contributed by atoms with van der Waals surface area (Å²) in [5.74, 6) is 0.176. The molecule has 0 aromatic heterocycles. The lowest BCUT2D eigenvalue weighted by molar-refractivity contribution is -0.120. The first-order valence-corrected chi connectivity index (χ1v) is 9.35. The van der Waals surface area contributed by atoms with Gasteiger partial charge in [-0.1, -0.05) is 42.8 Å². The van der Waals surface area contributed by atoms with Crippen molar-refractivity contribution in [1.29, 1.82) is 0 Å². The molecule has 6 N–H and O–H groups in total. The molecule has 2 aromatic carbocycles. The van der Waals surface area contributed by atoms with Crippen molar-refractivity contribution in [2.45, 2.75) is 57.5 Å². The Bertz CT molecular complexity index is 684. The number of aryl methyl sites for hydroxylation is 1. The average Bonchev–Trinajstić information content (AvgIpc) is 2.64. The zero-order valence-corrected chi connectivity index (χ0v) is 15.0. The highest BCUT2D eigenvalue weighted by atomic mass is 16.1. The second-order valence-electron chi connectivity index (χ2n) is 6.69. The standard InChI is InChI=1S/C21H31N3O/c22-14-6-5-10-20(24)21(25)11-4-2-8-17-13-12-16-7-1-3-9-18(16)19(17)15-23/h1,3,7,9,12-13,20H,2,4-6,8,10-11,14-15,22-24H2/t20-/m0/s1. The maximum Gasteiger partial charge on any atom is 0.149 e. The van der Waals surface area contributed by atoms with Gasteiger partial charge in [-0.3, -0.25) is 4.79 Å². The Kier molecular flexibility index (Phi) is 8.06. The van der Waals surface area contributed by atoms with Crippen molar-refractivity contribution in [3.63, 3.8) is 0 Å². The summed E-state index contributed by atoms with van der Waals surface area (Å²) in [4.78, 5) is 12.1. The van der Waals surface area contributed by atoms with Gasteiger partial charge in [0.1, 0.15) is 5.78 Å². The lowest BCUT2D eigenvalue weighted by Crippen LogP contribution is -2.30. The molecule has 136 valence electrons. The van der Waals surface area contributed by atoms with Gasteiger partial charge in [0, 0.05) is 13.0 Å². The molecule has 4 nitrogen and oxygen atoms in total. The number of fused-ring (bicyclic) bond motifs is 1. The lowest BCUT2D eigenvalue weighted by atomic mass is 9.94. The SMILES string of the molecule is NCCCC[C@H](N)C(=O)CCCCc1ccc2ccccc2c1CN. The number of hydrogen-bond acceptors (Lipinski definition) is 4. The van der Waals surface area contributed by atoms with Gasteiger partial charge >= 0.3 is 0 Å². The van der Waals surface area contributed by atoms with Gasteiger partial charge in [-0.05, 0) is 60.5 Å². The number of nitrogens with two attached hydrogens (primary N) is 3. The Morgan fingerprint density at radius 1 is 0.960 bits per heavy atom. The van der Waals surface area contributed by atoms with Crippen molar-refractivity contribution < 1.29 is 4.79 Å². The van der Waals surface area contributed by atoms with Gasteiger partial charge in [0.15, 0.2) is 0 Å². The lowest BCUT2D eigenvalue weighted by Gasteiger charge is -2.12. The van der Waals surface area contributed by atoms with Crippen LogP contribution in [-0.2, 0) is 17.8 Å². The number of hydrogen-bond donors (Lipinski definition) is 3. The fraction of sp³-hybridized carbons (Fsp3) is 0.476. The van der Waals surface area contributed by atoms with Crippen LogP contribution in [0.15, 0.2) is 36.4 Å². The predicted molar refractivity (Wildman–Crippen MR) is 105 cm³/mol. The van der Waals surface area contributed by atoms with Gasteiger partial charge in [-0.15, -0.1) is 0 Å². The minimum atomic E-state index is -0.327. The highest BCUT2D eigenvalue weighted by molar-refractivity contribution is 5.86. The molecule has 0 saturated carbocycles. The van der Waals surface area contributed by atoms with Crippen molar-refractivity contribution in [2.75, 3.05) is 6.54 Å². The maximum absolute atomic E-state index is 12.1. The number of benzene rings is 2. The minimum Gasteiger partial charge on any atom is -0.330 e. The van der Waals surface area contributed by atoms with Crippen molar-refractivity contribution in [3.8, 4) is 0 Å². The smallest absolute Gasteiger partial charge is 0.149 e. The highest BCUT2D eigenvalue weighted by Gasteiger charge is 2.13. The van der Waals surface area contributed by atoms with Crippen LogP contribution >= 0.6 is 0 Å². The Labute approximate surface area is 150 Å². The van der Waals surface area contributed by atoms with E-state index in [2.05, 4.69) is 30.3 Å². The predicted octanol–water partition coefficient (Wildman–Crippen LogP) is 3.04. The van der Waals surface area contributed by atoms with E-state index in [1.54, 1.807) is 0 Å².